The molecule has 0 bridgehead atoms. The number of benzene rings is 2. The van der Waals surface area contributed by atoms with Crippen molar-refractivity contribution in [3.8, 4) is 11.1 Å². The van der Waals surface area contributed by atoms with Gasteiger partial charge >= 0.3 is 26.2 Å². The van der Waals surface area contributed by atoms with E-state index in [2.05, 4.69) is 67.6 Å². The Kier molecular flexibility index (Phi) is 7.74. The van der Waals surface area contributed by atoms with Crippen LogP contribution >= 0.6 is 0 Å². The molecule has 3 heteroatoms. The molecule has 0 unspecified atom stereocenters. The Labute approximate surface area is 145 Å². The predicted octanol–water partition coefficient (Wildman–Crippen LogP) is -1.46. The Balaban J connectivity index is 0.00000108. The maximum absolute atomic E-state index is 2.22. The summed E-state index contributed by atoms with van der Waals surface area (Å²) in [5.74, 6) is 0. The summed E-state index contributed by atoms with van der Waals surface area (Å²) in [5, 5.41) is 2.72. The molecule has 0 spiro atoms. The van der Waals surface area contributed by atoms with Crippen molar-refractivity contribution in [2.45, 2.75) is 6.92 Å². The van der Waals surface area contributed by atoms with Gasteiger partial charge < -0.3 is 24.8 Å². The third-order valence-electron chi connectivity index (χ3n) is 3.12. The molecule has 0 saturated carbocycles. The zero-order chi connectivity index (χ0) is 11.0. The SMILES string of the molecule is Cc1ccc(-c2ccccc2)c2cc[cH-]c12.[Cl-].[Cl-].[Zr+3]. The predicted molar refractivity (Wildman–Crippen MR) is 69.7 cm³/mol. The minimum Gasteiger partial charge on any atom is -1.00 e. The van der Waals surface area contributed by atoms with E-state index in [4.69, 9.17) is 0 Å². The van der Waals surface area contributed by atoms with Crippen LogP contribution in [-0.2, 0) is 26.2 Å². The Morgan fingerprint density at radius 1 is 0.842 bits per heavy atom. The fraction of sp³-hybridized carbons (Fsp3) is 0.0625. The van der Waals surface area contributed by atoms with Gasteiger partial charge in [0.2, 0.25) is 0 Å². The number of rotatable bonds is 1. The Bertz CT molecular complexity index is 630. The zero-order valence-electron chi connectivity index (χ0n) is 10.5. The van der Waals surface area contributed by atoms with E-state index in [-0.39, 0.29) is 51.0 Å². The molecular weight excluding hydrogens is 354 g/mol. The number of halogens is 2. The summed E-state index contributed by atoms with van der Waals surface area (Å²) in [6.45, 7) is 2.16. The van der Waals surface area contributed by atoms with Crippen LogP contribution in [0.25, 0.3) is 21.9 Å². The molecule has 0 aliphatic heterocycles. The first-order chi connectivity index (χ1) is 7.86. The van der Waals surface area contributed by atoms with Crippen molar-refractivity contribution in [2.75, 3.05) is 0 Å². The quantitative estimate of drug-likeness (QED) is 0.462. The molecule has 0 nitrogen and oxygen atoms in total. The molecule has 0 N–H and O–H groups in total. The minimum absolute atomic E-state index is 0. The summed E-state index contributed by atoms with van der Waals surface area (Å²) in [5.41, 5.74) is 3.96. The van der Waals surface area contributed by atoms with Crippen molar-refractivity contribution in [2.24, 2.45) is 0 Å². The molecule has 0 heterocycles. The van der Waals surface area contributed by atoms with E-state index >= 15 is 0 Å². The van der Waals surface area contributed by atoms with E-state index in [1.807, 2.05) is 0 Å². The van der Waals surface area contributed by atoms with Crippen molar-refractivity contribution in [3.05, 3.63) is 66.2 Å². The molecule has 3 aromatic rings. The molecule has 0 saturated heterocycles. The van der Waals surface area contributed by atoms with Crippen LogP contribution in [0.5, 0.6) is 0 Å². The van der Waals surface area contributed by atoms with Crippen molar-refractivity contribution in [3.63, 3.8) is 0 Å². The molecule has 0 aromatic heterocycles. The molecule has 1 radical (unpaired) electrons. The van der Waals surface area contributed by atoms with Gasteiger partial charge in [-0.15, -0.1) is 28.5 Å². The minimum atomic E-state index is 0. The second-order valence-corrected chi connectivity index (χ2v) is 4.15. The molecule has 3 aromatic carbocycles. The van der Waals surface area contributed by atoms with Crippen LogP contribution in [0, 0.1) is 6.92 Å². The number of aryl methyl sites for hydroxylation is 1. The van der Waals surface area contributed by atoms with Crippen molar-refractivity contribution in [1.29, 1.82) is 0 Å². The molecule has 0 atom stereocenters. The average Bonchev–Trinajstić information content (AvgIpc) is 2.81. The summed E-state index contributed by atoms with van der Waals surface area (Å²) >= 11 is 0. The second kappa shape index (κ2) is 7.95. The maximum Gasteiger partial charge on any atom is 3.00 e. The van der Waals surface area contributed by atoms with E-state index < -0.39 is 0 Å². The maximum atomic E-state index is 2.22. The second-order valence-electron chi connectivity index (χ2n) is 4.15. The van der Waals surface area contributed by atoms with Crippen LogP contribution in [0.3, 0.4) is 0 Å². The van der Waals surface area contributed by atoms with Gasteiger partial charge in [-0.05, 0) is 5.56 Å². The van der Waals surface area contributed by atoms with Crippen LogP contribution in [0.2, 0.25) is 0 Å². The summed E-state index contributed by atoms with van der Waals surface area (Å²) in [7, 11) is 0. The summed E-state index contributed by atoms with van der Waals surface area (Å²) in [6, 6.07) is 21.5. The van der Waals surface area contributed by atoms with Gasteiger partial charge in [-0.2, -0.15) is 12.1 Å². The molecular formula is C16H13Cl2Zr. The number of fused-ring (bicyclic) bond motifs is 1. The van der Waals surface area contributed by atoms with Gasteiger partial charge in [-0.1, -0.05) is 48.9 Å². The Hall–Kier alpha value is -0.487. The molecule has 0 aliphatic carbocycles. The first-order valence-corrected chi connectivity index (χ1v) is 5.57. The van der Waals surface area contributed by atoms with Crippen LogP contribution < -0.4 is 24.8 Å². The van der Waals surface area contributed by atoms with Gasteiger partial charge in [0.15, 0.2) is 0 Å². The Morgan fingerprint density at radius 3 is 2.21 bits per heavy atom. The molecule has 3 rings (SSSR count). The van der Waals surface area contributed by atoms with Crippen molar-refractivity contribution in [1.82, 2.24) is 0 Å². The molecule has 0 aliphatic rings. The average molecular weight is 367 g/mol. The van der Waals surface area contributed by atoms with E-state index in [9.17, 15) is 0 Å². The Morgan fingerprint density at radius 2 is 1.53 bits per heavy atom. The molecule has 0 amide bonds. The standard InChI is InChI=1S/C16H13.2ClH.Zr/c1-12-10-11-15(13-6-3-2-4-7-13)16-9-5-8-14(12)16;;;/h2-11H,1H3;2*1H;/q-1;;;+3/p-2. The first-order valence-electron chi connectivity index (χ1n) is 5.57. The van der Waals surface area contributed by atoms with E-state index in [1.165, 1.54) is 27.5 Å². The van der Waals surface area contributed by atoms with E-state index in [0.29, 0.717) is 0 Å². The van der Waals surface area contributed by atoms with E-state index in [0.717, 1.165) is 0 Å². The third-order valence-corrected chi connectivity index (χ3v) is 3.12. The summed E-state index contributed by atoms with van der Waals surface area (Å²) in [6.07, 6.45) is 0. The van der Waals surface area contributed by atoms with Gasteiger partial charge in [0.1, 0.15) is 0 Å². The number of hydrogen-bond donors (Lipinski definition) is 0. The van der Waals surface area contributed by atoms with Crippen LogP contribution in [0.15, 0.2) is 60.7 Å². The fourth-order valence-corrected chi connectivity index (χ4v) is 2.26. The van der Waals surface area contributed by atoms with Gasteiger partial charge in [0.25, 0.3) is 0 Å². The van der Waals surface area contributed by atoms with Crippen LogP contribution in [0.4, 0.5) is 0 Å². The molecule has 0 fully saturated rings. The van der Waals surface area contributed by atoms with Crippen LogP contribution in [0.1, 0.15) is 5.56 Å². The van der Waals surface area contributed by atoms with Crippen molar-refractivity contribution >= 4 is 10.8 Å². The zero-order valence-corrected chi connectivity index (χ0v) is 14.5. The smallest absolute Gasteiger partial charge is 1.00 e. The first kappa shape index (κ1) is 18.5. The largest absolute Gasteiger partial charge is 3.00 e. The van der Waals surface area contributed by atoms with Gasteiger partial charge in [-0.25, -0.2) is 0 Å². The molecule has 19 heavy (non-hydrogen) atoms. The van der Waals surface area contributed by atoms with E-state index in [1.54, 1.807) is 0 Å². The fourth-order valence-electron chi connectivity index (χ4n) is 2.26. The molecule has 95 valence electrons. The number of hydrogen-bond acceptors (Lipinski definition) is 0. The third kappa shape index (κ3) is 3.54. The summed E-state index contributed by atoms with van der Waals surface area (Å²) < 4.78 is 0. The van der Waals surface area contributed by atoms with Gasteiger partial charge in [0.05, 0.1) is 0 Å². The normalized spacial score (nSPS) is 9.11. The summed E-state index contributed by atoms with van der Waals surface area (Å²) in [4.78, 5) is 0. The topological polar surface area (TPSA) is 0 Å². The van der Waals surface area contributed by atoms with Gasteiger partial charge in [0, 0.05) is 0 Å². The van der Waals surface area contributed by atoms with Crippen molar-refractivity contribution < 1.29 is 51.0 Å². The van der Waals surface area contributed by atoms with Crippen LogP contribution in [-0.4, -0.2) is 0 Å². The monoisotopic (exact) mass is 365 g/mol. The van der Waals surface area contributed by atoms with Gasteiger partial charge in [-0.3, -0.25) is 0 Å².